The van der Waals surface area contributed by atoms with Gasteiger partial charge in [-0.1, -0.05) is 212 Å². The molecule has 0 aliphatic heterocycles. The van der Waals surface area contributed by atoms with Gasteiger partial charge in [0.25, 0.3) is 0 Å². The van der Waals surface area contributed by atoms with Crippen LogP contribution in [0.15, 0.2) is 243 Å². The van der Waals surface area contributed by atoms with Crippen LogP contribution in [0.1, 0.15) is 22.3 Å². The van der Waals surface area contributed by atoms with Crippen LogP contribution in [0.4, 0.5) is 0 Å². The third-order valence-electron chi connectivity index (χ3n) is 15.2. The highest BCUT2D eigenvalue weighted by molar-refractivity contribution is 6.20. The van der Waals surface area contributed by atoms with E-state index < -0.39 is 5.41 Å². The fraction of sp³-hybridized carbons (Fsp3) is 0.0448. The smallest absolute Gasteiger partial charge is 0.140 e. The van der Waals surface area contributed by atoms with Crippen molar-refractivity contribution in [2.75, 3.05) is 0 Å². The van der Waals surface area contributed by atoms with Crippen LogP contribution in [-0.4, -0.2) is 19.1 Å². The average molecular weight is 907 g/mol. The number of nitrogens with zero attached hydrogens (tertiary/aromatic N) is 4. The van der Waals surface area contributed by atoms with Gasteiger partial charge in [0.15, 0.2) is 0 Å². The predicted octanol–water partition coefficient (Wildman–Crippen LogP) is 16.5. The molecule has 0 fully saturated rings. The molecule has 334 valence electrons. The zero-order chi connectivity index (χ0) is 47.2. The molecule has 0 saturated carbocycles. The lowest BCUT2D eigenvalue weighted by molar-refractivity contribution is 0.770. The number of rotatable bonds is 7. The topological polar surface area (TPSA) is 35.6 Å². The molecule has 2 aromatic heterocycles. The van der Waals surface area contributed by atoms with Crippen molar-refractivity contribution in [3.8, 4) is 67.3 Å². The van der Waals surface area contributed by atoms with Crippen LogP contribution in [0, 0.1) is 0 Å². The van der Waals surface area contributed by atoms with Gasteiger partial charge in [0.05, 0.1) is 27.5 Å². The quantitative estimate of drug-likeness (QED) is 0.149. The minimum atomic E-state index is -0.600. The first-order valence-corrected chi connectivity index (χ1v) is 24.4. The van der Waals surface area contributed by atoms with Gasteiger partial charge in [-0.2, -0.15) is 0 Å². The van der Waals surface area contributed by atoms with E-state index in [4.69, 9.17) is 9.97 Å². The maximum absolute atomic E-state index is 5.14. The standard InChI is InChI=1S/C67H46N4/c1-70-61-40-45(36-38-59(61)68-65(70)43-20-7-3-8-21-43)49-29-17-31-52-56(49)42-57-50(46-37-39-60-62(41-46)71(2)66(69-60)44-22-9-4-10-23-44)30-18-32-53(57)63(52)55-34-19-33-54-51-28-15-16-35-58(51)67(64(54)55,47-24-11-5-12-25-47)48-26-13-6-14-27-48/h3-42H,1-2H3. The van der Waals surface area contributed by atoms with Crippen LogP contribution < -0.4 is 0 Å². The maximum Gasteiger partial charge on any atom is 0.140 e. The molecule has 71 heavy (non-hydrogen) atoms. The number of benzene rings is 11. The molecule has 0 atom stereocenters. The van der Waals surface area contributed by atoms with Crippen molar-refractivity contribution >= 4 is 43.6 Å². The number of fused-ring (bicyclic) bond motifs is 7. The van der Waals surface area contributed by atoms with Gasteiger partial charge in [0, 0.05) is 25.2 Å². The summed E-state index contributed by atoms with van der Waals surface area (Å²) in [7, 11) is 4.26. The molecule has 4 nitrogen and oxygen atoms in total. The van der Waals surface area contributed by atoms with Crippen LogP contribution in [0.5, 0.6) is 0 Å². The average Bonchev–Trinajstić information content (AvgIpc) is 4.07. The summed E-state index contributed by atoms with van der Waals surface area (Å²) in [6, 6.07) is 89.1. The first kappa shape index (κ1) is 40.9. The van der Waals surface area contributed by atoms with Gasteiger partial charge in [0.1, 0.15) is 11.6 Å². The van der Waals surface area contributed by atoms with Crippen molar-refractivity contribution < 1.29 is 0 Å². The molecular formula is C67H46N4. The Bertz CT molecular complexity index is 4000. The summed E-state index contributed by atoms with van der Waals surface area (Å²) >= 11 is 0. The molecule has 13 aromatic rings. The first-order chi connectivity index (χ1) is 35.1. The summed E-state index contributed by atoms with van der Waals surface area (Å²) in [5.41, 5.74) is 20.4. The third-order valence-corrected chi connectivity index (χ3v) is 15.2. The van der Waals surface area contributed by atoms with Crippen LogP contribution in [0.3, 0.4) is 0 Å². The largest absolute Gasteiger partial charge is 0.327 e. The van der Waals surface area contributed by atoms with E-state index in [1.807, 2.05) is 0 Å². The highest BCUT2D eigenvalue weighted by Crippen LogP contribution is 2.60. The van der Waals surface area contributed by atoms with Crippen molar-refractivity contribution in [2.45, 2.75) is 5.41 Å². The maximum atomic E-state index is 5.14. The molecule has 0 bridgehead atoms. The van der Waals surface area contributed by atoms with Gasteiger partial charge in [0.2, 0.25) is 0 Å². The monoisotopic (exact) mass is 906 g/mol. The summed E-state index contributed by atoms with van der Waals surface area (Å²) in [5, 5.41) is 4.80. The fourth-order valence-electron chi connectivity index (χ4n) is 12.1. The summed E-state index contributed by atoms with van der Waals surface area (Å²) in [5.74, 6) is 1.91. The van der Waals surface area contributed by atoms with Crippen molar-refractivity contribution in [2.24, 2.45) is 14.1 Å². The summed E-state index contributed by atoms with van der Waals surface area (Å²) < 4.78 is 4.46. The highest BCUT2D eigenvalue weighted by atomic mass is 15.1. The highest BCUT2D eigenvalue weighted by Gasteiger charge is 2.47. The first-order valence-electron chi connectivity index (χ1n) is 24.4. The van der Waals surface area contributed by atoms with Crippen molar-refractivity contribution in [3.05, 3.63) is 265 Å². The lowest BCUT2D eigenvalue weighted by atomic mass is 9.65. The minimum absolute atomic E-state index is 0.600. The van der Waals surface area contributed by atoms with Gasteiger partial charge in [-0.15, -0.1) is 0 Å². The van der Waals surface area contributed by atoms with Gasteiger partial charge in [-0.3, -0.25) is 0 Å². The Hall–Kier alpha value is -9.12. The van der Waals surface area contributed by atoms with Crippen molar-refractivity contribution in [1.82, 2.24) is 19.1 Å². The zero-order valence-corrected chi connectivity index (χ0v) is 39.4. The van der Waals surface area contributed by atoms with Crippen molar-refractivity contribution in [1.29, 1.82) is 0 Å². The number of aromatic nitrogens is 4. The molecule has 0 unspecified atom stereocenters. The second-order valence-electron chi connectivity index (χ2n) is 18.9. The van der Waals surface area contributed by atoms with Crippen LogP contribution in [-0.2, 0) is 19.5 Å². The third kappa shape index (κ3) is 6.11. The molecule has 14 rings (SSSR count). The molecule has 0 N–H and O–H groups in total. The van der Waals surface area contributed by atoms with Gasteiger partial charge >= 0.3 is 0 Å². The Morgan fingerprint density at radius 1 is 0.324 bits per heavy atom. The van der Waals surface area contributed by atoms with E-state index in [9.17, 15) is 0 Å². The summed E-state index contributed by atoms with van der Waals surface area (Å²) in [6.07, 6.45) is 0. The lowest BCUT2D eigenvalue weighted by Gasteiger charge is -2.35. The number of imidazole rings is 2. The Labute approximate surface area is 412 Å². The zero-order valence-electron chi connectivity index (χ0n) is 39.4. The molecule has 1 aliphatic rings. The van der Waals surface area contributed by atoms with Gasteiger partial charge in [-0.25, -0.2) is 9.97 Å². The summed E-state index contributed by atoms with van der Waals surface area (Å²) in [6.45, 7) is 0. The molecule has 11 aromatic carbocycles. The molecule has 1 aliphatic carbocycles. The van der Waals surface area contributed by atoms with E-state index in [0.29, 0.717) is 0 Å². The van der Waals surface area contributed by atoms with E-state index in [-0.39, 0.29) is 0 Å². The van der Waals surface area contributed by atoms with E-state index in [2.05, 4.69) is 266 Å². The molecule has 0 saturated heterocycles. The number of hydrogen-bond donors (Lipinski definition) is 0. The minimum Gasteiger partial charge on any atom is -0.327 e. The van der Waals surface area contributed by atoms with Crippen LogP contribution in [0.2, 0.25) is 0 Å². The molecule has 2 heterocycles. The number of aryl methyl sites for hydroxylation is 2. The fourth-order valence-corrected chi connectivity index (χ4v) is 12.1. The molecular weight excluding hydrogens is 861 g/mol. The van der Waals surface area contributed by atoms with Gasteiger partial charge in [-0.05, 0) is 119 Å². The second kappa shape index (κ2) is 16.0. The second-order valence-corrected chi connectivity index (χ2v) is 18.9. The Morgan fingerprint density at radius 2 is 0.746 bits per heavy atom. The predicted molar refractivity (Wildman–Crippen MR) is 294 cm³/mol. The van der Waals surface area contributed by atoms with E-state index >= 15 is 0 Å². The Kier molecular flexibility index (Phi) is 9.21. The van der Waals surface area contributed by atoms with Crippen LogP contribution in [0.25, 0.3) is 111 Å². The van der Waals surface area contributed by atoms with Crippen molar-refractivity contribution in [3.63, 3.8) is 0 Å². The number of hydrogen-bond acceptors (Lipinski definition) is 2. The van der Waals surface area contributed by atoms with E-state index in [1.54, 1.807) is 0 Å². The molecule has 0 amide bonds. The SMILES string of the molecule is Cn1c(-c2ccccc2)nc2ccc(-c3cccc4c(-c5cccc6c5C(c5ccccc5)(c5ccccc5)c5ccccc5-6)c5cccc(-c6ccc7nc(-c8ccccc8)n(C)c7c6)c5cc34)cc21. The summed E-state index contributed by atoms with van der Waals surface area (Å²) in [4.78, 5) is 10.3. The van der Waals surface area contributed by atoms with Gasteiger partial charge < -0.3 is 9.13 Å². The normalized spacial score (nSPS) is 12.8. The lowest BCUT2D eigenvalue weighted by Crippen LogP contribution is -2.29. The Balaban J connectivity index is 1.08. The molecule has 0 radical (unpaired) electrons. The van der Waals surface area contributed by atoms with E-state index in [1.165, 1.54) is 77.2 Å². The molecule has 0 spiro atoms. The van der Waals surface area contributed by atoms with E-state index in [0.717, 1.165) is 56.0 Å². The Morgan fingerprint density at radius 3 is 1.27 bits per heavy atom. The van der Waals surface area contributed by atoms with Crippen LogP contribution >= 0.6 is 0 Å². The molecule has 4 heteroatoms.